The average molecular weight is 692 g/mol. The molecule has 0 aliphatic rings. The molecule has 12 rings (SSSR count). The second kappa shape index (κ2) is 10.9. The third kappa shape index (κ3) is 4.07. The van der Waals surface area contributed by atoms with Crippen molar-refractivity contribution in [2.75, 3.05) is 0 Å². The summed E-state index contributed by atoms with van der Waals surface area (Å²) in [6.07, 6.45) is 0. The third-order valence-electron chi connectivity index (χ3n) is 11.1. The van der Waals surface area contributed by atoms with Gasteiger partial charge in [-0.1, -0.05) is 115 Å². The lowest BCUT2D eigenvalue weighted by atomic mass is 9.98. The molecule has 53 heavy (non-hydrogen) atoms. The molecular weight excluding hydrogens is 663 g/mol. The molecule has 0 spiro atoms. The zero-order valence-corrected chi connectivity index (χ0v) is 29.3. The molecule has 0 unspecified atom stereocenters. The third-order valence-corrected chi connectivity index (χ3v) is 12.2. The van der Waals surface area contributed by atoms with E-state index in [2.05, 4.69) is 185 Å². The number of benzene rings is 8. The number of nitrogens with zero attached hydrogens (tertiary/aromatic N) is 3. The Bertz CT molecular complexity index is 3440. The predicted octanol–water partition coefficient (Wildman–Crippen LogP) is 13.6. The van der Waals surface area contributed by atoms with Gasteiger partial charge in [-0.05, 0) is 66.0 Å². The Balaban J connectivity index is 1.13. The Kier molecular flexibility index (Phi) is 5.93. The summed E-state index contributed by atoms with van der Waals surface area (Å²) in [6, 6.07) is 64.1. The zero-order chi connectivity index (χ0) is 34.6. The number of hydrogen-bond donors (Lipinski definition) is 0. The van der Waals surface area contributed by atoms with Gasteiger partial charge in [0, 0.05) is 69.4 Å². The van der Waals surface area contributed by atoms with Crippen molar-refractivity contribution in [3.8, 4) is 22.6 Å². The molecule has 0 bridgehead atoms. The summed E-state index contributed by atoms with van der Waals surface area (Å²) in [5, 5.41) is 11.2. The van der Waals surface area contributed by atoms with Gasteiger partial charge in [0.25, 0.3) is 0 Å². The Morgan fingerprint density at radius 2 is 0.925 bits per heavy atom. The zero-order valence-electron chi connectivity index (χ0n) is 28.5. The molecule has 0 amide bonds. The molecule has 0 saturated heterocycles. The minimum absolute atomic E-state index is 1.01. The maximum absolute atomic E-state index is 5.33. The number of para-hydroxylation sites is 4. The van der Waals surface area contributed by atoms with Gasteiger partial charge in [-0.2, -0.15) is 0 Å². The van der Waals surface area contributed by atoms with E-state index in [9.17, 15) is 0 Å². The van der Waals surface area contributed by atoms with Gasteiger partial charge in [-0.3, -0.25) is 0 Å². The number of fused-ring (bicyclic) bond motifs is 13. The van der Waals surface area contributed by atoms with E-state index in [0.717, 1.165) is 28.1 Å². The van der Waals surface area contributed by atoms with Crippen LogP contribution >= 0.6 is 11.3 Å². The van der Waals surface area contributed by atoms with Crippen LogP contribution in [0, 0.1) is 0 Å². The van der Waals surface area contributed by atoms with Gasteiger partial charge in [-0.15, -0.1) is 11.3 Å². The molecule has 0 aliphatic heterocycles. The summed E-state index contributed by atoms with van der Waals surface area (Å²) >= 11 is 1.86. The highest BCUT2D eigenvalue weighted by atomic mass is 32.1. The smallest absolute Gasteiger partial charge is 0.0788 e. The first-order valence-corrected chi connectivity index (χ1v) is 18.9. The number of hydrogen-bond acceptors (Lipinski definition) is 2. The molecule has 0 aliphatic carbocycles. The van der Waals surface area contributed by atoms with Crippen molar-refractivity contribution in [3.05, 3.63) is 176 Å². The lowest BCUT2D eigenvalue weighted by Crippen LogP contribution is -1.98. The molecule has 0 fully saturated rings. The van der Waals surface area contributed by atoms with Gasteiger partial charge >= 0.3 is 0 Å². The van der Waals surface area contributed by atoms with Crippen LogP contribution in [-0.2, 0) is 0 Å². The van der Waals surface area contributed by atoms with Crippen LogP contribution in [0.25, 0.3) is 108 Å². The highest BCUT2D eigenvalue weighted by molar-refractivity contribution is 7.25. The molecule has 0 atom stereocenters. The first-order chi connectivity index (χ1) is 26.3. The van der Waals surface area contributed by atoms with Crippen molar-refractivity contribution in [2.24, 2.45) is 0 Å². The van der Waals surface area contributed by atoms with E-state index in [1.165, 1.54) is 79.9 Å². The van der Waals surface area contributed by atoms with Crippen LogP contribution in [0.4, 0.5) is 0 Å². The molecule has 4 heterocycles. The second-order valence-electron chi connectivity index (χ2n) is 13.9. The Morgan fingerprint density at radius 1 is 0.358 bits per heavy atom. The molecule has 4 heteroatoms. The second-order valence-corrected chi connectivity index (χ2v) is 15.0. The molecule has 0 N–H and O–H groups in total. The van der Waals surface area contributed by atoms with Crippen molar-refractivity contribution in [1.29, 1.82) is 0 Å². The van der Waals surface area contributed by atoms with Gasteiger partial charge in [-0.25, -0.2) is 4.98 Å². The largest absolute Gasteiger partial charge is 0.307 e. The van der Waals surface area contributed by atoms with Crippen molar-refractivity contribution in [2.45, 2.75) is 0 Å². The monoisotopic (exact) mass is 691 g/mol. The fourth-order valence-corrected chi connectivity index (χ4v) is 9.90. The van der Waals surface area contributed by atoms with E-state index in [1.807, 2.05) is 11.3 Å². The van der Waals surface area contributed by atoms with Gasteiger partial charge in [0.05, 0.1) is 33.3 Å². The maximum Gasteiger partial charge on any atom is 0.0788 e. The number of aromatic nitrogens is 3. The van der Waals surface area contributed by atoms with Crippen molar-refractivity contribution in [3.63, 3.8) is 0 Å². The lowest BCUT2D eigenvalue weighted by molar-refractivity contribution is 1.15. The van der Waals surface area contributed by atoms with Crippen molar-refractivity contribution < 1.29 is 0 Å². The highest BCUT2D eigenvalue weighted by Crippen LogP contribution is 2.43. The summed E-state index contributed by atoms with van der Waals surface area (Å²) in [7, 11) is 0. The van der Waals surface area contributed by atoms with Crippen LogP contribution in [0.3, 0.4) is 0 Å². The molecule has 4 aromatic heterocycles. The standard InChI is InChI=1S/C49H29N3S/c1-2-12-31(13-3-1)51-43-19-9-5-15-34(43)37-26-27-38-35-16-6-10-20-44(35)52(49(38)48(37)51)32-24-22-30(23-25-32)47-41-29-46-40(36-17-7-11-21-45(36)53-46)28-39(41)33-14-4-8-18-42(33)50-47/h1-29H. The van der Waals surface area contributed by atoms with E-state index in [-0.39, 0.29) is 0 Å². The fraction of sp³-hybridized carbons (Fsp3) is 0. The maximum atomic E-state index is 5.33. The summed E-state index contributed by atoms with van der Waals surface area (Å²) in [5.41, 5.74) is 10.2. The van der Waals surface area contributed by atoms with Gasteiger partial charge in [0.15, 0.2) is 0 Å². The van der Waals surface area contributed by atoms with E-state index in [0.29, 0.717) is 0 Å². The Morgan fingerprint density at radius 3 is 1.62 bits per heavy atom. The lowest BCUT2D eigenvalue weighted by Gasteiger charge is -2.14. The molecule has 3 nitrogen and oxygen atoms in total. The molecule has 8 aromatic carbocycles. The van der Waals surface area contributed by atoms with Crippen LogP contribution < -0.4 is 0 Å². The molecule has 12 aromatic rings. The molecule has 246 valence electrons. The predicted molar refractivity (Wildman–Crippen MR) is 226 cm³/mol. The van der Waals surface area contributed by atoms with Crippen LogP contribution in [0.5, 0.6) is 0 Å². The van der Waals surface area contributed by atoms with Crippen LogP contribution in [0.2, 0.25) is 0 Å². The molecular formula is C49H29N3S. The topological polar surface area (TPSA) is 22.8 Å². The van der Waals surface area contributed by atoms with Crippen LogP contribution in [-0.4, -0.2) is 14.1 Å². The number of pyridine rings is 1. The van der Waals surface area contributed by atoms with Gasteiger partial charge in [0.2, 0.25) is 0 Å². The summed E-state index contributed by atoms with van der Waals surface area (Å²) in [5.74, 6) is 0. The Hall–Kier alpha value is -6.75. The molecule has 0 saturated carbocycles. The van der Waals surface area contributed by atoms with Crippen LogP contribution in [0.15, 0.2) is 176 Å². The summed E-state index contributed by atoms with van der Waals surface area (Å²) < 4.78 is 7.50. The highest BCUT2D eigenvalue weighted by Gasteiger charge is 2.21. The Labute approximate surface area is 308 Å². The minimum Gasteiger partial charge on any atom is -0.307 e. The summed E-state index contributed by atoms with van der Waals surface area (Å²) in [4.78, 5) is 5.33. The van der Waals surface area contributed by atoms with Crippen molar-refractivity contribution >= 4 is 96.8 Å². The number of thiophene rings is 1. The quantitative estimate of drug-likeness (QED) is 0.169. The van der Waals surface area contributed by atoms with E-state index < -0.39 is 0 Å². The van der Waals surface area contributed by atoms with Gasteiger partial charge in [0.1, 0.15) is 0 Å². The SMILES string of the molecule is c1ccc(-n2c3ccccc3c3ccc4c5ccccc5n(-c5ccc(-c6nc7ccccc7c7cc8c(cc67)sc6ccccc68)cc5)c4c32)cc1. The normalized spacial score (nSPS) is 12.2. The minimum atomic E-state index is 1.01. The van der Waals surface area contributed by atoms with Crippen LogP contribution in [0.1, 0.15) is 0 Å². The first kappa shape index (κ1) is 28.9. The van der Waals surface area contributed by atoms with E-state index in [4.69, 9.17) is 4.98 Å². The molecule has 0 radical (unpaired) electrons. The fourth-order valence-electron chi connectivity index (χ4n) is 8.77. The van der Waals surface area contributed by atoms with E-state index in [1.54, 1.807) is 0 Å². The van der Waals surface area contributed by atoms with E-state index >= 15 is 0 Å². The average Bonchev–Trinajstić information content (AvgIpc) is 3.88. The first-order valence-electron chi connectivity index (χ1n) is 18.1. The number of rotatable bonds is 3. The van der Waals surface area contributed by atoms with Gasteiger partial charge < -0.3 is 9.13 Å². The van der Waals surface area contributed by atoms with Crippen molar-refractivity contribution in [1.82, 2.24) is 14.1 Å². The summed E-state index contributed by atoms with van der Waals surface area (Å²) in [6.45, 7) is 0.